The van der Waals surface area contributed by atoms with Crippen molar-refractivity contribution in [2.24, 2.45) is 0 Å². The molecule has 3 rings (SSSR count). The molecule has 1 atom stereocenters. The normalized spacial score (nSPS) is 11.9. The van der Waals surface area contributed by atoms with E-state index in [0.717, 1.165) is 4.47 Å². The summed E-state index contributed by atoms with van der Waals surface area (Å²) >= 11 is 3.33. The maximum atomic E-state index is 12.4. The van der Waals surface area contributed by atoms with Crippen molar-refractivity contribution >= 4 is 44.5 Å². The Hall–Kier alpha value is -2.87. The minimum Gasteiger partial charge on any atom is -0.408 e. The highest BCUT2D eigenvalue weighted by atomic mass is 79.9. The van der Waals surface area contributed by atoms with Gasteiger partial charge in [0.15, 0.2) is 5.58 Å². The van der Waals surface area contributed by atoms with Crippen molar-refractivity contribution in [2.45, 2.75) is 13.0 Å². The van der Waals surface area contributed by atoms with Crippen molar-refractivity contribution in [3.63, 3.8) is 0 Å². The van der Waals surface area contributed by atoms with Crippen molar-refractivity contribution in [1.82, 2.24) is 9.88 Å². The summed E-state index contributed by atoms with van der Waals surface area (Å²) in [5.41, 5.74) is 1.54. The monoisotopic (exact) mass is 417 g/mol. The van der Waals surface area contributed by atoms with E-state index in [1.165, 1.54) is 4.57 Å². The average Bonchev–Trinajstić information content (AvgIpc) is 2.96. The second-order valence-corrected chi connectivity index (χ2v) is 6.48. The van der Waals surface area contributed by atoms with Crippen molar-refractivity contribution in [1.29, 1.82) is 0 Å². The van der Waals surface area contributed by atoms with Crippen molar-refractivity contribution < 1.29 is 14.0 Å². The van der Waals surface area contributed by atoms with Gasteiger partial charge in [-0.2, -0.15) is 0 Å². The van der Waals surface area contributed by atoms with Gasteiger partial charge in [0, 0.05) is 4.47 Å². The van der Waals surface area contributed by atoms with Crippen LogP contribution in [0.5, 0.6) is 0 Å². The molecule has 1 heterocycles. The van der Waals surface area contributed by atoms with Gasteiger partial charge in [-0.05, 0) is 47.1 Å². The van der Waals surface area contributed by atoms with Crippen LogP contribution in [-0.2, 0) is 9.59 Å². The van der Waals surface area contributed by atoms with Crippen LogP contribution in [0.3, 0.4) is 0 Å². The highest BCUT2D eigenvalue weighted by molar-refractivity contribution is 9.10. The number of carbonyl (C=O) groups is 2. The van der Waals surface area contributed by atoms with E-state index in [1.54, 1.807) is 49.4 Å². The molecule has 1 aromatic heterocycles. The van der Waals surface area contributed by atoms with Crippen molar-refractivity contribution in [3.05, 3.63) is 63.6 Å². The molecule has 0 aliphatic carbocycles. The van der Waals surface area contributed by atoms with Crippen LogP contribution in [0.2, 0.25) is 0 Å². The van der Waals surface area contributed by atoms with Gasteiger partial charge in [0.25, 0.3) is 0 Å². The molecule has 0 radical (unpaired) electrons. The third-order valence-electron chi connectivity index (χ3n) is 3.86. The van der Waals surface area contributed by atoms with Crippen LogP contribution < -0.4 is 16.4 Å². The number of hydrogen-bond acceptors (Lipinski definition) is 4. The molecule has 0 aliphatic heterocycles. The topological polar surface area (TPSA) is 93.3 Å². The zero-order valence-electron chi connectivity index (χ0n) is 13.9. The number of anilines is 1. The van der Waals surface area contributed by atoms with E-state index in [4.69, 9.17) is 4.42 Å². The highest BCUT2D eigenvalue weighted by Crippen LogP contribution is 2.21. The molecule has 1 unspecified atom stereocenters. The summed E-state index contributed by atoms with van der Waals surface area (Å²) in [5.74, 6) is -1.45. The smallest absolute Gasteiger partial charge is 0.408 e. The molecular formula is C18H16BrN3O4. The van der Waals surface area contributed by atoms with Crippen LogP contribution in [0.25, 0.3) is 11.1 Å². The van der Waals surface area contributed by atoms with Gasteiger partial charge in [-0.15, -0.1) is 0 Å². The predicted molar refractivity (Wildman–Crippen MR) is 101 cm³/mol. The number of halogens is 1. The number of benzene rings is 2. The van der Waals surface area contributed by atoms with E-state index in [9.17, 15) is 14.4 Å². The first kappa shape index (κ1) is 17.9. The molecule has 0 spiro atoms. The molecule has 0 bridgehead atoms. The number of nitrogens with one attached hydrogen (secondary N) is 2. The minimum absolute atomic E-state index is 0.213. The summed E-state index contributed by atoms with van der Waals surface area (Å²) in [5, 5.41) is 5.23. The van der Waals surface area contributed by atoms with Crippen LogP contribution in [0.1, 0.15) is 13.0 Å². The zero-order valence-corrected chi connectivity index (χ0v) is 15.4. The summed E-state index contributed by atoms with van der Waals surface area (Å²) in [6.45, 7) is 1.36. The number of hydrogen-bond donors (Lipinski definition) is 2. The molecule has 26 heavy (non-hydrogen) atoms. The van der Waals surface area contributed by atoms with E-state index in [1.807, 2.05) is 6.07 Å². The summed E-state index contributed by atoms with van der Waals surface area (Å²) in [7, 11) is 0. The molecule has 2 N–H and O–H groups in total. The fourth-order valence-electron chi connectivity index (χ4n) is 2.54. The zero-order chi connectivity index (χ0) is 18.7. The quantitative estimate of drug-likeness (QED) is 0.667. The molecule has 0 saturated carbocycles. The van der Waals surface area contributed by atoms with Gasteiger partial charge in [-0.1, -0.05) is 24.3 Å². The van der Waals surface area contributed by atoms with Gasteiger partial charge in [-0.3, -0.25) is 14.2 Å². The first-order valence-corrected chi connectivity index (χ1v) is 8.69. The lowest BCUT2D eigenvalue weighted by Crippen LogP contribution is -2.38. The number of aromatic nitrogens is 1. The van der Waals surface area contributed by atoms with Crippen LogP contribution in [0, 0.1) is 0 Å². The lowest BCUT2D eigenvalue weighted by atomic mass is 10.2. The Morgan fingerprint density at radius 3 is 2.62 bits per heavy atom. The number of amides is 2. The molecule has 2 aromatic carbocycles. The third kappa shape index (κ3) is 3.70. The fourth-order valence-corrected chi connectivity index (χ4v) is 2.92. The Morgan fingerprint density at radius 2 is 1.85 bits per heavy atom. The first-order valence-electron chi connectivity index (χ1n) is 7.89. The Labute approximate surface area is 157 Å². The predicted octanol–water partition coefficient (Wildman–Crippen LogP) is 2.67. The number of oxazole rings is 1. The van der Waals surface area contributed by atoms with Gasteiger partial charge in [0.1, 0.15) is 6.04 Å². The summed E-state index contributed by atoms with van der Waals surface area (Å²) in [4.78, 5) is 36.4. The molecule has 3 aromatic rings. The molecule has 8 heteroatoms. The van der Waals surface area contributed by atoms with E-state index in [-0.39, 0.29) is 12.5 Å². The summed E-state index contributed by atoms with van der Waals surface area (Å²) in [6, 6.07) is 13.2. The van der Waals surface area contributed by atoms with E-state index in [2.05, 4.69) is 26.6 Å². The summed E-state index contributed by atoms with van der Waals surface area (Å²) < 4.78 is 7.13. The van der Waals surface area contributed by atoms with Crippen LogP contribution in [-0.4, -0.2) is 22.9 Å². The highest BCUT2D eigenvalue weighted by Gasteiger charge is 2.21. The maximum absolute atomic E-state index is 12.4. The van der Waals surface area contributed by atoms with Crippen LogP contribution in [0.4, 0.5) is 5.69 Å². The minimum atomic E-state index is -0.817. The molecule has 7 nitrogen and oxygen atoms in total. The molecule has 0 fully saturated rings. The van der Waals surface area contributed by atoms with Crippen LogP contribution in [0.15, 0.2) is 62.2 Å². The Bertz CT molecular complexity index is 1020. The number of fused-ring (bicyclic) bond motifs is 1. The van der Waals surface area contributed by atoms with E-state index >= 15 is 0 Å². The Morgan fingerprint density at radius 1 is 1.15 bits per heavy atom. The third-order valence-corrected chi connectivity index (χ3v) is 4.55. The summed E-state index contributed by atoms with van der Waals surface area (Å²) in [6.07, 6.45) is 0. The van der Waals surface area contributed by atoms with Gasteiger partial charge >= 0.3 is 5.76 Å². The Kier molecular flexibility index (Phi) is 5.22. The number of carbonyl (C=O) groups excluding carboxylic acids is 2. The Balaban J connectivity index is 1.66. The lowest BCUT2D eigenvalue weighted by Gasteiger charge is -2.13. The second kappa shape index (κ2) is 7.57. The average molecular weight is 418 g/mol. The number of nitrogens with zero attached hydrogens (tertiary/aromatic N) is 1. The maximum Gasteiger partial charge on any atom is 0.420 e. The molecule has 0 saturated heterocycles. The largest absolute Gasteiger partial charge is 0.420 e. The fraction of sp³-hybridized carbons (Fsp3) is 0.167. The second-order valence-electron chi connectivity index (χ2n) is 5.63. The van der Waals surface area contributed by atoms with Crippen LogP contribution >= 0.6 is 15.9 Å². The molecule has 134 valence electrons. The SMILES string of the molecule is CC(C(=O)NCC(=O)Nc1ccccc1Br)n1c(=O)oc2ccccc21. The van der Waals surface area contributed by atoms with Gasteiger partial charge in [0.2, 0.25) is 11.8 Å². The molecule has 0 aliphatic rings. The van der Waals surface area contributed by atoms with Crippen molar-refractivity contribution in [2.75, 3.05) is 11.9 Å². The van der Waals surface area contributed by atoms with Gasteiger partial charge in [0.05, 0.1) is 17.7 Å². The van der Waals surface area contributed by atoms with Gasteiger partial charge in [-0.25, -0.2) is 4.79 Å². The van der Waals surface area contributed by atoms with E-state index in [0.29, 0.717) is 16.8 Å². The van der Waals surface area contributed by atoms with E-state index < -0.39 is 17.7 Å². The standard InChI is InChI=1S/C18H16BrN3O4/c1-11(22-14-8-4-5-9-15(14)26-18(22)25)17(24)20-10-16(23)21-13-7-3-2-6-12(13)19/h2-9,11H,10H2,1H3,(H,20,24)(H,21,23). The number of rotatable bonds is 5. The molecule has 2 amide bonds. The first-order chi connectivity index (χ1) is 12.5. The number of para-hydroxylation sites is 3. The molecular weight excluding hydrogens is 402 g/mol. The van der Waals surface area contributed by atoms with Gasteiger partial charge < -0.3 is 15.1 Å². The lowest BCUT2D eigenvalue weighted by molar-refractivity contribution is -0.126. The van der Waals surface area contributed by atoms with Crippen molar-refractivity contribution in [3.8, 4) is 0 Å².